The lowest BCUT2D eigenvalue weighted by Crippen LogP contribution is -2.28. The van der Waals surface area contributed by atoms with E-state index in [1.54, 1.807) is 18.3 Å². The first kappa shape index (κ1) is 13.0. The number of aliphatic carboxylic acids is 1. The normalized spacial score (nSPS) is 12.5. The average Bonchev–Trinajstić information content (AvgIpc) is 2.84. The summed E-state index contributed by atoms with van der Waals surface area (Å²) >= 11 is 3.07. The van der Waals surface area contributed by atoms with Crippen molar-refractivity contribution in [2.75, 3.05) is 6.54 Å². The third kappa shape index (κ3) is 3.08. The van der Waals surface area contributed by atoms with E-state index in [2.05, 4.69) is 5.32 Å². The number of thiophene rings is 2. The van der Waals surface area contributed by atoms with Crippen molar-refractivity contribution in [3.8, 4) is 0 Å². The Morgan fingerprint density at radius 1 is 1.44 bits per heavy atom. The Hall–Kier alpha value is -1.40. The molecule has 0 fully saturated rings. The molecule has 0 aliphatic heterocycles. The van der Waals surface area contributed by atoms with Gasteiger partial charge in [0.25, 0.3) is 5.91 Å². The first-order valence-electron chi connectivity index (χ1n) is 5.53. The second kappa shape index (κ2) is 5.49. The highest BCUT2D eigenvalue weighted by molar-refractivity contribution is 7.27. The van der Waals surface area contributed by atoms with Gasteiger partial charge >= 0.3 is 5.97 Å². The molecule has 4 nitrogen and oxygen atoms in total. The number of carbonyl (C=O) groups is 2. The summed E-state index contributed by atoms with van der Waals surface area (Å²) < 4.78 is 2.23. The van der Waals surface area contributed by atoms with E-state index in [4.69, 9.17) is 5.11 Å². The number of nitrogens with one attached hydrogen (secondary N) is 1. The number of hydrogen-bond acceptors (Lipinski definition) is 4. The van der Waals surface area contributed by atoms with Crippen molar-refractivity contribution < 1.29 is 14.7 Å². The van der Waals surface area contributed by atoms with Gasteiger partial charge in [-0.15, -0.1) is 22.7 Å². The molecule has 2 heterocycles. The van der Waals surface area contributed by atoms with Crippen LogP contribution >= 0.6 is 22.7 Å². The lowest BCUT2D eigenvalue weighted by Gasteiger charge is -2.09. The van der Waals surface area contributed by atoms with Crippen LogP contribution in [-0.4, -0.2) is 23.5 Å². The fraction of sp³-hybridized carbons (Fsp3) is 0.333. The van der Waals surface area contributed by atoms with E-state index < -0.39 is 5.97 Å². The van der Waals surface area contributed by atoms with Crippen LogP contribution in [0.4, 0.5) is 0 Å². The van der Waals surface area contributed by atoms with Crippen molar-refractivity contribution >= 4 is 43.9 Å². The highest BCUT2D eigenvalue weighted by atomic mass is 32.1. The topological polar surface area (TPSA) is 66.4 Å². The van der Waals surface area contributed by atoms with Crippen molar-refractivity contribution in [1.82, 2.24) is 5.32 Å². The highest BCUT2D eigenvalue weighted by Crippen LogP contribution is 2.29. The third-order valence-corrected chi connectivity index (χ3v) is 4.59. The monoisotopic (exact) mass is 283 g/mol. The predicted molar refractivity (Wildman–Crippen MR) is 73.5 cm³/mol. The van der Waals surface area contributed by atoms with Crippen molar-refractivity contribution in [3.05, 3.63) is 22.4 Å². The lowest BCUT2D eigenvalue weighted by molar-refractivity contribution is -0.137. The van der Waals surface area contributed by atoms with Gasteiger partial charge in [0.15, 0.2) is 0 Å². The first-order chi connectivity index (χ1) is 8.56. The van der Waals surface area contributed by atoms with Crippen LogP contribution in [0.1, 0.15) is 23.0 Å². The van der Waals surface area contributed by atoms with Gasteiger partial charge in [0.05, 0.1) is 4.88 Å². The standard InChI is InChI=1S/C12H13NO3S2/c1-7(4-11(14)15)6-13-12(16)10-5-9-8(18-10)2-3-17-9/h2-3,5,7H,4,6H2,1H3,(H,13,16)(H,14,15). The quantitative estimate of drug-likeness (QED) is 0.886. The predicted octanol–water partition coefficient (Wildman–Crippen LogP) is 2.80. The minimum Gasteiger partial charge on any atom is -0.481 e. The molecular formula is C12H13NO3S2. The minimum atomic E-state index is -0.839. The number of carboxylic acids is 1. The first-order valence-corrected chi connectivity index (χ1v) is 7.23. The molecule has 1 unspecified atom stereocenters. The van der Waals surface area contributed by atoms with Crippen LogP contribution < -0.4 is 5.32 Å². The molecule has 1 atom stereocenters. The molecule has 2 aromatic heterocycles. The number of carboxylic acid groups (broad SMARTS) is 1. The van der Waals surface area contributed by atoms with Crippen LogP contribution in [0.5, 0.6) is 0 Å². The number of rotatable bonds is 5. The zero-order chi connectivity index (χ0) is 13.1. The molecule has 2 aromatic rings. The van der Waals surface area contributed by atoms with Crippen molar-refractivity contribution in [2.45, 2.75) is 13.3 Å². The fourth-order valence-electron chi connectivity index (χ4n) is 1.60. The molecule has 1 amide bonds. The molecule has 96 valence electrons. The van der Waals surface area contributed by atoms with Crippen molar-refractivity contribution in [3.63, 3.8) is 0 Å². The molecule has 0 aliphatic rings. The lowest BCUT2D eigenvalue weighted by atomic mass is 10.1. The molecule has 0 bridgehead atoms. The van der Waals surface area contributed by atoms with Gasteiger partial charge in [0, 0.05) is 22.4 Å². The summed E-state index contributed by atoms with van der Waals surface area (Å²) in [5.41, 5.74) is 0. The van der Waals surface area contributed by atoms with Gasteiger partial charge in [-0.3, -0.25) is 9.59 Å². The number of fused-ring (bicyclic) bond motifs is 1. The summed E-state index contributed by atoms with van der Waals surface area (Å²) in [4.78, 5) is 23.0. The highest BCUT2D eigenvalue weighted by Gasteiger charge is 2.13. The van der Waals surface area contributed by atoms with Gasteiger partial charge in [-0.25, -0.2) is 0 Å². The van der Waals surface area contributed by atoms with Gasteiger partial charge in [-0.2, -0.15) is 0 Å². The summed E-state index contributed by atoms with van der Waals surface area (Å²) in [6.07, 6.45) is 0.0693. The summed E-state index contributed by atoms with van der Waals surface area (Å²) in [5, 5.41) is 13.4. The Bertz CT molecular complexity index is 544. The zero-order valence-electron chi connectivity index (χ0n) is 9.80. The maximum absolute atomic E-state index is 11.9. The number of carbonyl (C=O) groups excluding carboxylic acids is 1. The molecule has 2 rings (SSSR count). The molecule has 0 aromatic carbocycles. The Kier molecular flexibility index (Phi) is 3.98. The summed E-state index contributed by atoms with van der Waals surface area (Å²) in [5.74, 6) is -1.03. The molecule has 0 aliphatic carbocycles. The molecule has 2 N–H and O–H groups in total. The van der Waals surface area contributed by atoms with Crippen LogP contribution in [-0.2, 0) is 4.79 Å². The van der Waals surface area contributed by atoms with Crippen LogP contribution in [0.2, 0.25) is 0 Å². The van der Waals surface area contributed by atoms with E-state index in [1.165, 1.54) is 11.3 Å². The Morgan fingerprint density at radius 2 is 2.22 bits per heavy atom. The molecule has 0 saturated carbocycles. The fourth-order valence-corrected chi connectivity index (χ4v) is 3.63. The SMILES string of the molecule is CC(CNC(=O)c1cc2sccc2s1)CC(=O)O. The summed E-state index contributed by atoms with van der Waals surface area (Å²) in [6, 6.07) is 3.87. The largest absolute Gasteiger partial charge is 0.481 e. The van der Waals surface area contributed by atoms with Crippen molar-refractivity contribution in [2.24, 2.45) is 5.92 Å². The van der Waals surface area contributed by atoms with E-state index in [-0.39, 0.29) is 18.2 Å². The molecule has 18 heavy (non-hydrogen) atoms. The molecule has 6 heteroatoms. The van der Waals surface area contributed by atoms with Crippen LogP contribution in [0.25, 0.3) is 9.40 Å². The Labute approximate surface area is 112 Å². The Balaban J connectivity index is 1.92. The van der Waals surface area contributed by atoms with E-state index >= 15 is 0 Å². The second-order valence-corrected chi connectivity index (χ2v) is 6.20. The maximum Gasteiger partial charge on any atom is 0.303 e. The van der Waals surface area contributed by atoms with E-state index in [9.17, 15) is 9.59 Å². The maximum atomic E-state index is 11.9. The van der Waals surface area contributed by atoms with E-state index in [1.807, 2.05) is 17.5 Å². The molecule has 0 saturated heterocycles. The van der Waals surface area contributed by atoms with Gasteiger partial charge in [-0.05, 0) is 23.4 Å². The van der Waals surface area contributed by atoms with Crippen LogP contribution in [0, 0.1) is 5.92 Å². The second-order valence-electron chi connectivity index (χ2n) is 4.17. The van der Waals surface area contributed by atoms with Crippen LogP contribution in [0.3, 0.4) is 0 Å². The van der Waals surface area contributed by atoms with Gasteiger partial charge in [0.1, 0.15) is 0 Å². The van der Waals surface area contributed by atoms with Gasteiger partial charge < -0.3 is 10.4 Å². The Morgan fingerprint density at radius 3 is 2.89 bits per heavy atom. The van der Waals surface area contributed by atoms with Crippen LogP contribution in [0.15, 0.2) is 17.5 Å². The summed E-state index contributed by atoms with van der Waals surface area (Å²) in [7, 11) is 0. The average molecular weight is 283 g/mol. The van der Waals surface area contributed by atoms with Gasteiger partial charge in [0.2, 0.25) is 0 Å². The number of hydrogen-bond donors (Lipinski definition) is 2. The summed E-state index contributed by atoms with van der Waals surface area (Å²) in [6.45, 7) is 2.19. The molecule has 0 radical (unpaired) electrons. The van der Waals surface area contributed by atoms with E-state index in [0.29, 0.717) is 11.4 Å². The smallest absolute Gasteiger partial charge is 0.303 e. The number of amides is 1. The molecule has 0 spiro atoms. The minimum absolute atomic E-state index is 0.0625. The van der Waals surface area contributed by atoms with E-state index in [0.717, 1.165) is 9.40 Å². The van der Waals surface area contributed by atoms with Crippen molar-refractivity contribution in [1.29, 1.82) is 0 Å². The zero-order valence-corrected chi connectivity index (χ0v) is 11.4. The van der Waals surface area contributed by atoms with Gasteiger partial charge in [-0.1, -0.05) is 6.92 Å². The molecular weight excluding hydrogens is 270 g/mol. The third-order valence-electron chi connectivity index (χ3n) is 2.50.